The van der Waals surface area contributed by atoms with E-state index >= 15 is 0 Å². The average Bonchev–Trinajstić information content (AvgIpc) is 2.80. The van der Waals surface area contributed by atoms with Crippen LogP contribution in [0.15, 0.2) is 36.4 Å². The lowest BCUT2D eigenvalue weighted by molar-refractivity contribution is 0.0998. The highest BCUT2D eigenvalue weighted by atomic mass is 16.1. The lowest BCUT2D eigenvalue weighted by atomic mass is 10.1. The predicted molar refractivity (Wildman–Crippen MR) is 97.6 cm³/mol. The van der Waals surface area contributed by atoms with E-state index in [4.69, 9.17) is 0 Å². The summed E-state index contributed by atoms with van der Waals surface area (Å²) in [6, 6.07) is 12.1. The lowest BCUT2D eigenvalue weighted by Gasteiger charge is -2.26. The van der Waals surface area contributed by atoms with Gasteiger partial charge in [-0.05, 0) is 59.7 Å². The van der Waals surface area contributed by atoms with Gasteiger partial charge in [0.15, 0.2) is 5.78 Å². The van der Waals surface area contributed by atoms with Crippen LogP contribution in [0.25, 0.3) is 0 Å². The summed E-state index contributed by atoms with van der Waals surface area (Å²) in [6.45, 7) is 13.9. The van der Waals surface area contributed by atoms with Gasteiger partial charge in [-0.25, -0.2) is 0 Å². The molecule has 3 heteroatoms. The minimum Gasteiger partial charge on any atom is -0.364 e. The number of para-hydroxylation sites is 1. The van der Waals surface area contributed by atoms with Crippen molar-refractivity contribution in [3.05, 3.63) is 53.3 Å². The number of likely N-dealkylation sites (N-methyl/N-ethyl adjacent to an activating group) is 1. The molecule has 0 N–H and O–H groups in total. The van der Waals surface area contributed by atoms with Gasteiger partial charge in [0.25, 0.3) is 0 Å². The van der Waals surface area contributed by atoms with Crippen LogP contribution in [-0.4, -0.2) is 23.4 Å². The van der Waals surface area contributed by atoms with Gasteiger partial charge in [0.05, 0.1) is 6.54 Å². The van der Waals surface area contributed by atoms with Gasteiger partial charge in [-0.15, -0.1) is 0 Å². The van der Waals surface area contributed by atoms with Gasteiger partial charge in [0, 0.05) is 34.7 Å². The van der Waals surface area contributed by atoms with Gasteiger partial charge in [0.2, 0.25) is 0 Å². The highest BCUT2D eigenvalue weighted by Gasteiger charge is 2.23. The third kappa shape index (κ3) is 3.66. The molecule has 0 radical (unpaired) electrons. The number of Topliss-reactive ketones (excluding diaryl/α,β-unsaturated/α-hetero) is 1. The maximum Gasteiger partial charge on any atom is 0.183 e. The Morgan fingerprint density at radius 1 is 1.13 bits per heavy atom. The van der Waals surface area contributed by atoms with E-state index < -0.39 is 0 Å². The zero-order valence-electron chi connectivity index (χ0n) is 15.2. The molecule has 124 valence electrons. The number of aromatic nitrogens is 1. The number of hydrogen-bond donors (Lipinski definition) is 0. The van der Waals surface area contributed by atoms with E-state index in [0.29, 0.717) is 6.54 Å². The van der Waals surface area contributed by atoms with Crippen molar-refractivity contribution >= 4 is 11.5 Å². The van der Waals surface area contributed by atoms with Crippen LogP contribution in [0.4, 0.5) is 5.69 Å². The molecule has 1 heterocycles. The molecular formula is C20H28N2O. The smallest absolute Gasteiger partial charge is 0.183 e. The number of aryl methyl sites for hydroxylation is 1. The molecule has 0 amide bonds. The minimum absolute atomic E-state index is 0.0173. The highest BCUT2D eigenvalue weighted by Crippen LogP contribution is 2.25. The molecule has 0 bridgehead atoms. The Morgan fingerprint density at radius 3 is 2.22 bits per heavy atom. The first-order valence-electron chi connectivity index (χ1n) is 8.28. The first-order valence-corrected chi connectivity index (χ1v) is 8.28. The van der Waals surface area contributed by atoms with Crippen LogP contribution in [-0.2, 0) is 5.54 Å². The second-order valence-corrected chi connectivity index (χ2v) is 7.06. The Hall–Kier alpha value is -2.03. The molecule has 0 aliphatic rings. The van der Waals surface area contributed by atoms with Crippen molar-refractivity contribution < 1.29 is 4.79 Å². The van der Waals surface area contributed by atoms with E-state index in [0.717, 1.165) is 29.2 Å². The summed E-state index contributed by atoms with van der Waals surface area (Å²) in [4.78, 5) is 15.0. The van der Waals surface area contributed by atoms with Crippen LogP contribution >= 0.6 is 0 Å². The normalized spacial score (nSPS) is 11.6. The summed E-state index contributed by atoms with van der Waals surface area (Å²) in [6.07, 6.45) is 0. The summed E-state index contributed by atoms with van der Waals surface area (Å²) in [5.74, 6) is 0.180. The number of anilines is 1. The zero-order chi connectivity index (χ0) is 17.2. The molecule has 0 aliphatic carbocycles. The standard InChI is InChI=1S/C20H28N2O/c1-7-21(17-11-9-8-10-12-17)14-19(23)18-13-15(2)22(16(18)3)20(4,5)6/h8-13H,7,14H2,1-6H3. The van der Waals surface area contributed by atoms with Crippen molar-refractivity contribution in [1.82, 2.24) is 4.57 Å². The lowest BCUT2D eigenvalue weighted by Crippen LogP contribution is -2.30. The van der Waals surface area contributed by atoms with Gasteiger partial charge in [-0.3, -0.25) is 4.79 Å². The molecule has 2 rings (SSSR count). The van der Waals surface area contributed by atoms with Gasteiger partial charge in [-0.1, -0.05) is 18.2 Å². The fourth-order valence-corrected chi connectivity index (χ4v) is 3.36. The largest absolute Gasteiger partial charge is 0.364 e. The summed E-state index contributed by atoms with van der Waals surface area (Å²) < 4.78 is 2.25. The van der Waals surface area contributed by atoms with E-state index in [1.54, 1.807) is 0 Å². The molecule has 0 unspecified atom stereocenters. The van der Waals surface area contributed by atoms with Crippen LogP contribution in [0, 0.1) is 13.8 Å². The molecule has 0 saturated carbocycles. The van der Waals surface area contributed by atoms with E-state index in [1.165, 1.54) is 0 Å². The Morgan fingerprint density at radius 2 is 1.74 bits per heavy atom. The van der Waals surface area contributed by atoms with Crippen LogP contribution in [0.1, 0.15) is 49.4 Å². The molecule has 23 heavy (non-hydrogen) atoms. The van der Waals surface area contributed by atoms with Crippen LogP contribution in [0.2, 0.25) is 0 Å². The summed E-state index contributed by atoms with van der Waals surface area (Å²) >= 11 is 0. The Balaban J connectivity index is 2.28. The SMILES string of the molecule is CCN(CC(=O)c1cc(C)n(C(C)(C)C)c1C)c1ccccc1. The van der Waals surface area contributed by atoms with Crippen molar-refractivity contribution in [3.8, 4) is 0 Å². The van der Waals surface area contributed by atoms with Gasteiger partial charge in [-0.2, -0.15) is 0 Å². The molecule has 2 aromatic rings. The van der Waals surface area contributed by atoms with E-state index in [-0.39, 0.29) is 11.3 Å². The van der Waals surface area contributed by atoms with E-state index in [1.807, 2.05) is 31.2 Å². The Kier molecular flexibility index (Phi) is 4.98. The molecule has 0 aliphatic heterocycles. The number of carbonyl (C=O) groups is 1. The number of rotatable bonds is 5. The highest BCUT2D eigenvalue weighted by molar-refractivity contribution is 6.00. The first-order chi connectivity index (χ1) is 10.8. The van der Waals surface area contributed by atoms with Crippen molar-refractivity contribution in [2.45, 2.75) is 47.1 Å². The van der Waals surface area contributed by atoms with Crippen LogP contribution < -0.4 is 4.90 Å². The number of ketones is 1. The second kappa shape index (κ2) is 6.61. The molecule has 0 saturated heterocycles. The quantitative estimate of drug-likeness (QED) is 0.756. The predicted octanol–water partition coefficient (Wildman–Crippen LogP) is 4.57. The number of carbonyl (C=O) groups excluding carboxylic acids is 1. The van der Waals surface area contributed by atoms with E-state index in [2.05, 4.69) is 56.2 Å². The third-order valence-corrected chi connectivity index (χ3v) is 4.24. The summed E-state index contributed by atoms with van der Waals surface area (Å²) in [5.41, 5.74) is 4.11. The Labute approximate surface area is 139 Å². The number of hydrogen-bond acceptors (Lipinski definition) is 2. The second-order valence-electron chi connectivity index (χ2n) is 7.06. The fourth-order valence-electron chi connectivity index (χ4n) is 3.36. The number of nitrogens with zero attached hydrogens (tertiary/aromatic N) is 2. The minimum atomic E-state index is -0.0173. The maximum absolute atomic E-state index is 12.8. The molecule has 0 fully saturated rings. The maximum atomic E-state index is 12.8. The van der Waals surface area contributed by atoms with E-state index in [9.17, 15) is 4.79 Å². The van der Waals surface area contributed by atoms with Crippen molar-refractivity contribution in [3.63, 3.8) is 0 Å². The Bertz CT molecular complexity index is 678. The number of benzene rings is 1. The monoisotopic (exact) mass is 312 g/mol. The topological polar surface area (TPSA) is 25.2 Å². The fraction of sp³-hybridized carbons (Fsp3) is 0.450. The average molecular weight is 312 g/mol. The van der Waals surface area contributed by atoms with Crippen molar-refractivity contribution in [2.75, 3.05) is 18.0 Å². The summed E-state index contributed by atoms with van der Waals surface area (Å²) in [7, 11) is 0. The zero-order valence-corrected chi connectivity index (χ0v) is 15.2. The summed E-state index contributed by atoms with van der Waals surface area (Å²) in [5, 5.41) is 0. The molecule has 1 aromatic heterocycles. The van der Waals surface area contributed by atoms with Gasteiger partial charge >= 0.3 is 0 Å². The molecule has 0 spiro atoms. The molecular weight excluding hydrogens is 284 g/mol. The van der Waals surface area contributed by atoms with Gasteiger partial charge < -0.3 is 9.47 Å². The van der Waals surface area contributed by atoms with Crippen molar-refractivity contribution in [1.29, 1.82) is 0 Å². The molecule has 0 atom stereocenters. The van der Waals surface area contributed by atoms with Crippen LogP contribution in [0.5, 0.6) is 0 Å². The van der Waals surface area contributed by atoms with Crippen LogP contribution in [0.3, 0.4) is 0 Å². The van der Waals surface area contributed by atoms with Gasteiger partial charge in [0.1, 0.15) is 0 Å². The molecule has 1 aromatic carbocycles. The van der Waals surface area contributed by atoms with Crippen molar-refractivity contribution in [2.24, 2.45) is 0 Å². The third-order valence-electron chi connectivity index (χ3n) is 4.24. The first kappa shape index (κ1) is 17.3. The molecule has 3 nitrogen and oxygen atoms in total.